The first-order valence-electron chi connectivity index (χ1n) is 8.65. The number of rotatable bonds is 2. The standard InChI is InChI=1S/C18H24N4OS/c1-12-13(2)22-8-7-20(11-17(22)19-12)14(3)18(23)21-6-4-16-15(10-21)5-9-24-16/h5,9,14H,4,6-8,10-11H2,1-3H3. The van der Waals surface area contributed by atoms with Gasteiger partial charge in [-0.3, -0.25) is 9.69 Å². The van der Waals surface area contributed by atoms with Gasteiger partial charge < -0.3 is 9.47 Å². The Hall–Kier alpha value is -1.66. The van der Waals surface area contributed by atoms with Crippen LogP contribution in [0.3, 0.4) is 0 Å². The summed E-state index contributed by atoms with van der Waals surface area (Å²) < 4.78 is 2.29. The van der Waals surface area contributed by atoms with Crippen LogP contribution >= 0.6 is 11.3 Å². The van der Waals surface area contributed by atoms with Crippen LogP contribution in [0.2, 0.25) is 0 Å². The van der Waals surface area contributed by atoms with Crippen LogP contribution in [-0.2, 0) is 30.8 Å². The molecule has 0 spiro atoms. The maximum Gasteiger partial charge on any atom is 0.239 e. The third kappa shape index (κ3) is 2.58. The minimum atomic E-state index is -0.0868. The van der Waals surface area contributed by atoms with Crippen molar-refractivity contribution in [2.75, 3.05) is 13.1 Å². The summed E-state index contributed by atoms with van der Waals surface area (Å²) in [6.45, 7) is 10.4. The van der Waals surface area contributed by atoms with Gasteiger partial charge >= 0.3 is 0 Å². The Labute approximate surface area is 146 Å². The molecule has 0 N–H and O–H groups in total. The van der Waals surface area contributed by atoms with Crippen molar-refractivity contribution in [2.24, 2.45) is 0 Å². The molecule has 1 atom stereocenters. The van der Waals surface area contributed by atoms with Gasteiger partial charge in [-0.25, -0.2) is 4.98 Å². The lowest BCUT2D eigenvalue weighted by molar-refractivity contribution is -0.138. The van der Waals surface area contributed by atoms with Crippen molar-refractivity contribution < 1.29 is 4.79 Å². The van der Waals surface area contributed by atoms with Crippen molar-refractivity contribution in [3.05, 3.63) is 39.1 Å². The lowest BCUT2D eigenvalue weighted by Crippen LogP contribution is -2.50. The average Bonchev–Trinajstić information content (AvgIpc) is 3.17. The van der Waals surface area contributed by atoms with Crippen molar-refractivity contribution in [3.63, 3.8) is 0 Å². The number of amides is 1. The van der Waals surface area contributed by atoms with Crippen LogP contribution in [0, 0.1) is 13.8 Å². The van der Waals surface area contributed by atoms with Crippen molar-refractivity contribution in [1.82, 2.24) is 19.4 Å². The first kappa shape index (κ1) is 15.8. The molecule has 2 aromatic rings. The molecule has 2 aliphatic rings. The van der Waals surface area contributed by atoms with E-state index in [-0.39, 0.29) is 11.9 Å². The molecule has 4 rings (SSSR count). The number of carbonyl (C=O) groups is 1. The minimum absolute atomic E-state index is 0.0868. The fourth-order valence-corrected chi connectivity index (χ4v) is 4.71. The number of thiophene rings is 1. The van der Waals surface area contributed by atoms with E-state index in [0.717, 1.165) is 50.7 Å². The van der Waals surface area contributed by atoms with Gasteiger partial charge in [0.05, 0.1) is 18.3 Å². The van der Waals surface area contributed by atoms with Crippen LogP contribution in [0.5, 0.6) is 0 Å². The van der Waals surface area contributed by atoms with Gasteiger partial charge in [-0.1, -0.05) is 0 Å². The molecule has 0 fully saturated rings. The summed E-state index contributed by atoms with van der Waals surface area (Å²) in [7, 11) is 0. The Morgan fingerprint density at radius 3 is 2.92 bits per heavy atom. The number of fused-ring (bicyclic) bond motifs is 2. The van der Waals surface area contributed by atoms with E-state index < -0.39 is 0 Å². The largest absolute Gasteiger partial charge is 0.337 e. The molecule has 24 heavy (non-hydrogen) atoms. The molecule has 128 valence electrons. The van der Waals surface area contributed by atoms with Crippen LogP contribution in [0.25, 0.3) is 0 Å². The highest BCUT2D eigenvalue weighted by molar-refractivity contribution is 7.10. The Balaban J connectivity index is 1.46. The van der Waals surface area contributed by atoms with Gasteiger partial charge in [0.2, 0.25) is 5.91 Å². The van der Waals surface area contributed by atoms with E-state index in [4.69, 9.17) is 0 Å². The van der Waals surface area contributed by atoms with Crippen molar-refractivity contribution in [1.29, 1.82) is 0 Å². The lowest BCUT2D eigenvalue weighted by Gasteiger charge is -2.36. The van der Waals surface area contributed by atoms with E-state index in [0.29, 0.717) is 0 Å². The van der Waals surface area contributed by atoms with Crippen molar-refractivity contribution in [3.8, 4) is 0 Å². The molecule has 4 heterocycles. The van der Waals surface area contributed by atoms with E-state index in [1.807, 2.05) is 23.2 Å². The first-order valence-corrected chi connectivity index (χ1v) is 9.53. The first-order chi connectivity index (χ1) is 11.5. The number of nitrogens with zero attached hydrogens (tertiary/aromatic N) is 4. The maximum atomic E-state index is 13.0. The zero-order valence-corrected chi connectivity index (χ0v) is 15.4. The fourth-order valence-electron chi connectivity index (χ4n) is 3.82. The third-order valence-corrected chi connectivity index (χ3v) is 6.54. The summed E-state index contributed by atoms with van der Waals surface area (Å²) >= 11 is 1.81. The molecule has 0 aromatic carbocycles. The van der Waals surface area contributed by atoms with Crippen molar-refractivity contribution >= 4 is 17.2 Å². The normalized spacial score (nSPS) is 19.0. The molecule has 0 bridgehead atoms. The maximum absolute atomic E-state index is 13.0. The lowest BCUT2D eigenvalue weighted by atomic mass is 10.1. The predicted molar refractivity (Wildman–Crippen MR) is 95.0 cm³/mol. The molecule has 6 heteroatoms. The summed E-state index contributed by atoms with van der Waals surface area (Å²) in [5, 5.41) is 2.14. The van der Waals surface area contributed by atoms with Crippen LogP contribution < -0.4 is 0 Å². The second-order valence-electron chi connectivity index (χ2n) is 6.88. The number of hydrogen-bond acceptors (Lipinski definition) is 4. The summed E-state index contributed by atoms with van der Waals surface area (Å²) in [6, 6.07) is 2.07. The highest BCUT2D eigenvalue weighted by atomic mass is 32.1. The number of aromatic nitrogens is 2. The second kappa shape index (κ2) is 6.01. The Kier molecular flexibility index (Phi) is 3.96. The van der Waals surface area contributed by atoms with Gasteiger partial charge in [-0.15, -0.1) is 11.3 Å². The highest BCUT2D eigenvalue weighted by Gasteiger charge is 2.31. The Morgan fingerprint density at radius 1 is 1.25 bits per heavy atom. The summed E-state index contributed by atoms with van der Waals surface area (Å²) in [5.74, 6) is 1.34. The summed E-state index contributed by atoms with van der Waals surface area (Å²) in [4.78, 5) is 23.4. The molecule has 5 nitrogen and oxygen atoms in total. The number of aryl methyl sites for hydroxylation is 1. The van der Waals surface area contributed by atoms with Crippen LogP contribution in [-0.4, -0.2) is 44.4 Å². The Morgan fingerprint density at radius 2 is 2.08 bits per heavy atom. The van der Waals surface area contributed by atoms with Gasteiger partial charge in [0, 0.05) is 36.8 Å². The fraction of sp³-hybridized carbons (Fsp3) is 0.556. The van der Waals surface area contributed by atoms with Gasteiger partial charge in [0.25, 0.3) is 0 Å². The van der Waals surface area contributed by atoms with E-state index in [1.165, 1.54) is 16.1 Å². The summed E-state index contributed by atoms with van der Waals surface area (Å²) in [6.07, 6.45) is 0.994. The number of imidazole rings is 1. The van der Waals surface area contributed by atoms with E-state index in [1.54, 1.807) is 0 Å². The minimum Gasteiger partial charge on any atom is -0.337 e. The molecule has 1 unspecified atom stereocenters. The van der Waals surface area contributed by atoms with E-state index in [2.05, 4.69) is 39.7 Å². The van der Waals surface area contributed by atoms with Crippen LogP contribution in [0.4, 0.5) is 0 Å². The molecule has 2 aromatic heterocycles. The molecular weight excluding hydrogens is 320 g/mol. The molecule has 0 radical (unpaired) electrons. The second-order valence-corrected chi connectivity index (χ2v) is 7.88. The predicted octanol–water partition coefficient (Wildman–Crippen LogP) is 2.35. The zero-order valence-electron chi connectivity index (χ0n) is 14.6. The highest BCUT2D eigenvalue weighted by Crippen LogP contribution is 2.25. The quantitative estimate of drug-likeness (QED) is 0.840. The molecule has 0 saturated heterocycles. The van der Waals surface area contributed by atoms with Gasteiger partial charge in [0.1, 0.15) is 5.82 Å². The average molecular weight is 344 g/mol. The van der Waals surface area contributed by atoms with Gasteiger partial charge in [-0.2, -0.15) is 0 Å². The van der Waals surface area contributed by atoms with Crippen molar-refractivity contribution in [2.45, 2.75) is 52.9 Å². The topological polar surface area (TPSA) is 41.4 Å². The van der Waals surface area contributed by atoms with Gasteiger partial charge in [-0.05, 0) is 44.2 Å². The molecule has 0 aliphatic carbocycles. The smallest absolute Gasteiger partial charge is 0.239 e. The molecular formula is C18H24N4OS. The third-order valence-electron chi connectivity index (χ3n) is 5.52. The summed E-state index contributed by atoms with van der Waals surface area (Å²) in [5.41, 5.74) is 3.68. The number of carbonyl (C=O) groups excluding carboxylic acids is 1. The van der Waals surface area contributed by atoms with Crippen LogP contribution in [0.15, 0.2) is 11.4 Å². The number of hydrogen-bond donors (Lipinski definition) is 0. The van der Waals surface area contributed by atoms with Gasteiger partial charge in [0.15, 0.2) is 0 Å². The molecule has 0 saturated carbocycles. The molecule has 1 amide bonds. The monoisotopic (exact) mass is 344 g/mol. The SMILES string of the molecule is Cc1nc2n(c1C)CCN(C(C)C(=O)N1CCc3sccc3C1)C2. The Bertz CT molecular complexity index is 778. The molecule has 2 aliphatic heterocycles. The zero-order chi connectivity index (χ0) is 16.8. The van der Waals surface area contributed by atoms with E-state index in [9.17, 15) is 4.79 Å². The van der Waals surface area contributed by atoms with Crippen LogP contribution in [0.1, 0.15) is 34.6 Å². The van der Waals surface area contributed by atoms with E-state index >= 15 is 0 Å².